The summed E-state index contributed by atoms with van der Waals surface area (Å²) in [7, 11) is -1.01. The minimum Gasteiger partial charge on any atom is -0.393 e. The van der Waals surface area contributed by atoms with Crippen molar-refractivity contribution in [3.05, 3.63) is 12.2 Å². The Morgan fingerprint density at radius 2 is 2.00 bits per heavy atom. The van der Waals surface area contributed by atoms with Crippen LogP contribution >= 0.6 is 0 Å². The van der Waals surface area contributed by atoms with Crippen LogP contribution in [0.4, 0.5) is 0 Å². The van der Waals surface area contributed by atoms with Crippen molar-refractivity contribution in [2.24, 2.45) is 0 Å². The zero-order valence-corrected chi connectivity index (χ0v) is 12.9. The highest BCUT2D eigenvalue weighted by Crippen LogP contribution is 2.16. The van der Waals surface area contributed by atoms with E-state index >= 15 is 0 Å². The van der Waals surface area contributed by atoms with Crippen molar-refractivity contribution in [2.45, 2.75) is 32.0 Å². The van der Waals surface area contributed by atoms with Crippen molar-refractivity contribution in [3.8, 4) is 0 Å². The standard InChI is InChI=1S/C9H22O3Si2/c1-8(2)6-11-9(13,7-10)12-14(3,4)5/h10H,1,6-7H2,2-5,13H3. The van der Waals surface area contributed by atoms with Crippen LogP contribution in [0.5, 0.6) is 0 Å². The predicted molar refractivity (Wildman–Crippen MR) is 65.0 cm³/mol. The molecule has 0 spiro atoms. The van der Waals surface area contributed by atoms with E-state index in [1.165, 1.54) is 0 Å². The summed E-state index contributed by atoms with van der Waals surface area (Å²) in [4.78, 5) is 0. The van der Waals surface area contributed by atoms with Crippen LogP contribution in [0.15, 0.2) is 12.2 Å². The van der Waals surface area contributed by atoms with Gasteiger partial charge in [0.2, 0.25) is 0 Å². The molecule has 14 heavy (non-hydrogen) atoms. The Hall–Kier alpha value is 0.0538. The van der Waals surface area contributed by atoms with Gasteiger partial charge in [0.1, 0.15) is 0 Å². The Morgan fingerprint density at radius 1 is 1.50 bits per heavy atom. The molecule has 0 aliphatic carbocycles. The summed E-state index contributed by atoms with van der Waals surface area (Å²) in [5, 5.41) is 9.24. The van der Waals surface area contributed by atoms with Crippen molar-refractivity contribution in [3.63, 3.8) is 0 Å². The van der Waals surface area contributed by atoms with Crippen molar-refractivity contribution in [1.82, 2.24) is 0 Å². The van der Waals surface area contributed by atoms with Gasteiger partial charge in [0.15, 0.2) is 13.7 Å². The van der Waals surface area contributed by atoms with Crippen LogP contribution in [0.25, 0.3) is 0 Å². The Bertz CT molecular complexity index is 201. The summed E-state index contributed by atoms with van der Waals surface area (Å²) >= 11 is 0. The van der Waals surface area contributed by atoms with E-state index in [-0.39, 0.29) is 6.61 Å². The molecule has 0 aliphatic rings. The topological polar surface area (TPSA) is 38.7 Å². The third kappa shape index (κ3) is 6.50. The van der Waals surface area contributed by atoms with Crippen LogP contribution in [0.2, 0.25) is 19.6 Å². The highest BCUT2D eigenvalue weighted by molar-refractivity contribution is 6.70. The van der Waals surface area contributed by atoms with Crippen molar-refractivity contribution in [1.29, 1.82) is 0 Å². The predicted octanol–water partition coefficient (Wildman–Crippen LogP) is 0.442. The van der Waals surface area contributed by atoms with E-state index < -0.39 is 13.7 Å². The number of rotatable bonds is 6. The SMILES string of the molecule is C=C(C)COC([SiH3])(CO)O[Si](C)(C)C. The minimum absolute atomic E-state index is 0.0726. The van der Waals surface area contributed by atoms with Gasteiger partial charge in [-0.05, 0) is 26.6 Å². The van der Waals surface area contributed by atoms with E-state index in [4.69, 9.17) is 9.16 Å². The first-order valence-corrected chi connectivity index (χ1v) is 9.19. The maximum absolute atomic E-state index is 9.24. The molecule has 0 radical (unpaired) electrons. The maximum atomic E-state index is 9.24. The number of hydrogen-bond donors (Lipinski definition) is 1. The van der Waals surface area contributed by atoms with Crippen LogP contribution in [0, 0.1) is 0 Å². The van der Waals surface area contributed by atoms with Crippen LogP contribution in [-0.4, -0.2) is 42.3 Å². The van der Waals surface area contributed by atoms with Crippen LogP contribution in [-0.2, 0) is 9.16 Å². The molecule has 0 bridgehead atoms. The van der Waals surface area contributed by atoms with E-state index in [0.717, 1.165) is 5.57 Å². The quantitative estimate of drug-likeness (QED) is 0.412. The first kappa shape index (κ1) is 14.1. The lowest BCUT2D eigenvalue weighted by molar-refractivity contribution is -0.142. The van der Waals surface area contributed by atoms with Gasteiger partial charge in [0, 0.05) is 0 Å². The lowest BCUT2D eigenvalue weighted by Gasteiger charge is -2.35. The molecule has 0 rings (SSSR count). The lowest BCUT2D eigenvalue weighted by Crippen LogP contribution is -2.48. The normalized spacial score (nSPS) is 16.6. The maximum Gasteiger partial charge on any atom is 0.187 e. The average molecular weight is 234 g/mol. The Kier molecular flexibility index (Phi) is 5.24. The first-order chi connectivity index (χ1) is 6.18. The van der Waals surface area contributed by atoms with Gasteiger partial charge in [0.05, 0.1) is 23.5 Å². The molecule has 0 heterocycles. The molecule has 0 aromatic rings. The molecule has 1 atom stereocenters. The fraction of sp³-hybridized carbons (Fsp3) is 0.778. The summed E-state index contributed by atoms with van der Waals surface area (Å²) < 4.78 is 11.4. The molecule has 3 nitrogen and oxygen atoms in total. The lowest BCUT2D eigenvalue weighted by atomic mass is 10.4. The summed E-state index contributed by atoms with van der Waals surface area (Å²) in [6.45, 7) is 12.3. The number of hydrogen-bond acceptors (Lipinski definition) is 3. The average Bonchev–Trinajstić information content (AvgIpc) is 1.98. The molecule has 0 amide bonds. The smallest absolute Gasteiger partial charge is 0.187 e. The molecule has 0 saturated heterocycles. The van der Waals surface area contributed by atoms with Gasteiger partial charge in [-0.15, -0.1) is 0 Å². The van der Waals surface area contributed by atoms with Gasteiger partial charge in [-0.2, -0.15) is 0 Å². The van der Waals surface area contributed by atoms with E-state index in [1.54, 1.807) is 0 Å². The number of ether oxygens (including phenoxy) is 1. The summed E-state index contributed by atoms with van der Waals surface area (Å²) in [5.41, 5.74) is 0.196. The summed E-state index contributed by atoms with van der Waals surface area (Å²) in [6.07, 6.45) is 0. The summed E-state index contributed by atoms with van der Waals surface area (Å²) in [5.74, 6) is 0. The number of aliphatic hydroxyl groups is 1. The monoisotopic (exact) mass is 234 g/mol. The largest absolute Gasteiger partial charge is 0.393 e. The van der Waals surface area contributed by atoms with Crippen molar-refractivity contribution < 1.29 is 14.3 Å². The second-order valence-corrected chi connectivity index (χ2v) is 10.7. The Labute approximate surface area is 90.7 Å². The van der Waals surface area contributed by atoms with Gasteiger partial charge in [0.25, 0.3) is 0 Å². The molecule has 0 fully saturated rings. The highest BCUT2D eigenvalue weighted by atomic mass is 28.4. The highest BCUT2D eigenvalue weighted by Gasteiger charge is 2.31. The van der Waals surface area contributed by atoms with Gasteiger partial charge >= 0.3 is 0 Å². The zero-order chi connectivity index (χ0) is 11.4. The fourth-order valence-corrected chi connectivity index (χ4v) is 4.43. The Balaban J connectivity index is 4.25. The van der Waals surface area contributed by atoms with Gasteiger partial charge in [-0.1, -0.05) is 12.2 Å². The van der Waals surface area contributed by atoms with Gasteiger partial charge < -0.3 is 14.3 Å². The van der Waals surface area contributed by atoms with Gasteiger partial charge in [-0.25, -0.2) is 0 Å². The number of aliphatic hydroxyl groups excluding tert-OH is 1. The van der Waals surface area contributed by atoms with E-state index in [0.29, 0.717) is 16.8 Å². The third-order valence-corrected chi connectivity index (χ3v) is 3.69. The van der Waals surface area contributed by atoms with Crippen LogP contribution in [0.3, 0.4) is 0 Å². The molecular formula is C9H22O3Si2. The molecule has 0 aromatic carbocycles. The molecule has 5 heteroatoms. The molecule has 0 aliphatic heterocycles. The first-order valence-electron chi connectivity index (χ1n) is 4.78. The van der Waals surface area contributed by atoms with Crippen LogP contribution < -0.4 is 0 Å². The fourth-order valence-electron chi connectivity index (χ4n) is 1.03. The second kappa shape index (κ2) is 5.22. The second-order valence-electron chi connectivity index (χ2n) is 4.75. The third-order valence-electron chi connectivity index (χ3n) is 1.43. The molecule has 0 aromatic heterocycles. The van der Waals surface area contributed by atoms with Crippen molar-refractivity contribution in [2.75, 3.05) is 13.2 Å². The molecule has 1 N–H and O–H groups in total. The summed E-state index contributed by atoms with van der Waals surface area (Å²) in [6, 6.07) is 0. The minimum atomic E-state index is -1.67. The molecule has 84 valence electrons. The van der Waals surface area contributed by atoms with E-state index in [2.05, 4.69) is 26.2 Å². The van der Waals surface area contributed by atoms with Crippen LogP contribution in [0.1, 0.15) is 6.92 Å². The molecular weight excluding hydrogens is 212 g/mol. The Morgan fingerprint density at radius 3 is 2.29 bits per heavy atom. The van der Waals surface area contributed by atoms with Crippen molar-refractivity contribution >= 4 is 18.6 Å². The molecule has 1 unspecified atom stereocenters. The van der Waals surface area contributed by atoms with E-state index in [9.17, 15) is 5.11 Å². The zero-order valence-electron chi connectivity index (χ0n) is 9.89. The van der Waals surface area contributed by atoms with E-state index in [1.807, 2.05) is 6.92 Å². The molecule has 0 saturated carbocycles. The van der Waals surface area contributed by atoms with Gasteiger partial charge in [-0.3, -0.25) is 0 Å².